The molecule has 2 aromatic rings. The minimum absolute atomic E-state index is 0.0632. The van der Waals surface area contributed by atoms with E-state index in [1.165, 1.54) is 0 Å². The third kappa shape index (κ3) is 4.45. The molecule has 1 atom stereocenters. The molecule has 0 fully saturated rings. The fourth-order valence-corrected chi connectivity index (χ4v) is 3.33. The molecular weight excluding hydrogens is 372 g/mol. The third-order valence-electron chi connectivity index (χ3n) is 4.86. The van der Waals surface area contributed by atoms with Crippen molar-refractivity contribution < 1.29 is 23.8 Å². The van der Waals surface area contributed by atoms with Crippen molar-refractivity contribution in [3.05, 3.63) is 42.0 Å². The SMILES string of the molecule is CCN1C(=O)C(C)Oc2cc(NC(=O)CCc3ccc(OC)c(OC)c3)ccc21. The number of ether oxygens (including phenoxy) is 3. The highest BCUT2D eigenvalue weighted by Gasteiger charge is 2.30. The molecule has 0 aromatic heterocycles. The van der Waals surface area contributed by atoms with Crippen molar-refractivity contribution in [3.63, 3.8) is 0 Å². The Morgan fingerprint density at radius 3 is 2.59 bits per heavy atom. The Balaban J connectivity index is 1.64. The van der Waals surface area contributed by atoms with E-state index in [0.29, 0.717) is 42.3 Å². The first kappa shape index (κ1) is 20.5. The third-order valence-corrected chi connectivity index (χ3v) is 4.86. The van der Waals surface area contributed by atoms with Crippen molar-refractivity contribution in [3.8, 4) is 17.2 Å². The van der Waals surface area contributed by atoms with Crippen molar-refractivity contribution >= 4 is 23.2 Å². The van der Waals surface area contributed by atoms with Crippen molar-refractivity contribution in [2.45, 2.75) is 32.8 Å². The van der Waals surface area contributed by atoms with Crippen LogP contribution in [0.25, 0.3) is 0 Å². The van der Waals surface area contributed by atoms with Crippen LogP contribution in [0.3, 0.4) is 0 Å². The largest absolute Gasteiger partial charge is 0.493 e. The molecule has 1 aliphatic heterocycles. The average Bonchev–Trinajstić information content (AvgIpc) is 2.73. The van der Waals surface area contributed by atoms with Crippen LogP contribution in [-0.2, 0) is 16.0 Å². The van der Waals surface area contributed by atoms with E-state index < -0.39 is 6.10 Å². The van der Waals surface area contributed by atoms with Crippen LogP contribution in [0.5, 0.6) is 17.2 Å². The predicted octanol–water partition coefficient (Wildman–Crippen LogP) is 3.41. The quantitative estimate of drug-likeness (QED) is 0.773. The van der Waals surface area contributed by atoms with Crippen LogP contribution in [0.1, 0.15) is 25.8 Å². The van der Waals surface area contributed by atoms with E-state index in [4.69, 9.17) is 14.2 Å². The molecule has 1 unspecified atom stereocenters. The number of nitrogens with one attached hydrogen (secondary N) is 1. The molecule has 29 heavy (non-hydrogen) atoms. The number of hydrogen-bond donors (Lipinski definition) is 1. The fourth-order valence-electron chi connectivity index (χ4n) is 3.33. The number of benzene rings is 2. The molecule has 1 heterocycles. The number of hydrogen-bond acceptors (Lipinski definition) is 5. The van der Waals surface area contributed by atoms with E-state index >= 15 is 0 Å². The van der Waals surface area contributed by atoms with Crippen molar-refractivity contribution in [2.24, 2.45) is 0 Å². The first-order valence-electron chi connectivity index (χ1n) is 9.59. The monoisotopic (exact) mass is 398 g/mol. The van der Waals surface area contributed by atoms with Gasteiger partial charge in [0.1, 0.15) is 5.75 Å². The van der Waals surface area contributed by atoms with Gasteiger partial charge in [-0.1, -0.05) is 6.07 Å². The number of likely N-dealkylation sites (N-methyl/N-ethyl adjacent to an activating group) is 1. The van der Waals surface area contributed by atoms with Gasteiger partial charge in [-0.15, -0.1) is 0 Å². The second kappa shape index (κ2) is 8.86. The highest BCUT2D eigenvalue weighted by atomic mass is 16.5. The first-order valence-corrected chi connectivity index (χ1v) is 9.59. The maximum Gasteiger partial charge on any atom is 0.267 e. The lowest BCUT2D eigenvalue weighted by Gasteiger charge is -2.32. The number of anilines is 2. The molecule has 0 aliphatic carbocycles. The van der Waals surface area contributed by atoms with Gasteiger partial charge in [-0.05, 0) is 50.1 Å². The van der Waals surface area contributed by atoms with Crippen LogP contribution in [0.2, 0.25) is 0 Å². The fraction of sp³-hybridized carbons (Fsp3) is 0.364. The van der Waals surface area contributed by atoms with Gasteiger partial charge < -0.3 is 24.4 Å². The zero-order valence-corrected chi connectivity index (χ0v) is 17.2. The topological polar surface area (TPSA) is 77.1 Å². The molecule has 0 saturated carbocycles. The molecule has 2 amide bonds. The summed E-state index contributed by atoms with van der Waals surface area (Å²) in [6, 6.07) is 11.0. The van der Waals surface area contributed by atoms with Gasteiger partial charge in [0.15, 0.2) is 17.6 Å². The molecule has 3 rings (SSSR count). The van der Waals surface area contributed by atoms with Crippen LogP contribution < -0.4 is 24.4 Å². The lowest BCUT2D eigenvalue weighted by molar-refractivity contribution is -0.125. The van der Waals surface area contributed by atoms with Crippen LogP contribution in [0.15, 0.2) is 36.4 Å². The smallest absolute Gasteiger partial charge is 0.267 e. The molecule has 0 saturated heterocycles. The van der Waals surface area contributed by atoms with E-state index in [0.717, 1.165) is 11.3 Å². The second-order valence-electron chi connectivity index (χ2n) is 6.76. The zero-order valence-electron chi connectivity index (χ0n) is 17.2. The number of methoxy groups -OCH3 is 2. The minimum atomic E-state index is -0.543. The highest BCUT2D eigenvalue weighted by molar-refractivity contribution is 6.00. The van der Waals surface area contributed by atoms with E-state index in [2.05, 4.69) is 5.32 Å². The molecular formula is C22H26N2O5. The maximum absolute atomic E-state index is 12.4. The lowest BCUT2D eigenvalue weighted by Crippen LogP contribution is -2.44. The normalized spacial score (nSPS) is 15.4. The molecule has 0 radical (unpaired) electrons. The summed E-state index contributed by atoms with van der Waals surface area (Å²) in [4.78, 5) is 26.3. The number of rotatable bonds is 7. The molecule has 0 bridgehead atoms. The van der Waals surface area contributed by atoms with Gasteiger partial charge in [0.25, 0.3) is 5.91 Å². The van der Waals surface area contributed by atoms with Crippen LogP contribution in [0.4, 0.5) is 11.4 Å². The maximum atomic E-state index is 12.4. The molecule has 2 aromatic carbocycles. The van der Waals surface area contributed by atoms with Gasteiger partial charge in [-0.2, -0.15) is 0 Å². The van der Waals surface area contributed by atoms with Crippen molar-refractivity contribution in [1.29, 1.82) is 0 Å². The number of nitrogens with zero attached hydrogens (tertiary/aromatic N) is 1. The van der Waals surface area contributed by atoms with E-state index in [9.17, 15) is 9.59 Å². The summed E-state index contributed by atoms with van der Waals surface area (Å²) in [6.45, 7) is 4.21. The number of fused-ring (bicyclic) bond motifs is 1. The standard InChI is InChI=1S/C22H26N2O5/c1-5-24-17-9-8-16(13-19(17)29-14(2)22(24)26)23-21(25)11-7-15-6-10-18(27-3)20(12-15)28-4/h6,8-10,12-14H,5,7,11H2,1-4H3,(H,23,25). The van der Waals surface area contributed by atoms with Crippen LogP contribution in [-0.4, -0.2) is 38.7 Å². The Hall–Kier alpha value is -3.22. The number of amides is 2. The molecule has 1 N–H and O–H groups in total. The van der Waals surface area contributed by atoms with Crippen LogP contribution in [0, 0.1) is 0 Å². The number of carbonyl (C=O) groups excluding carboxylic acids is 2. The highest BCUT2D eigenvalue weighted by Crippen LogP contribution is 2.36. The molecule has 7 nitrogen and oxygen atoms in total. The second-order valence-corrected chi connectivity index (χ2v) is 6.76. The van der Waals surface area contributed by atoms with Gasteiger partial charge in [-0.25, -0.2) is 0 Å². The predicted molar refractivity (Wildman–Crippen MR) is 111 cm³/mol. The summed E-state index contributed by atoms with van der Waals surface area (Å²) in [5.41, 5.74) is 2.34. The Morgan fingerprint density at radius 1 is 1.14 bits per heavy atom. The zero-order chi connectivity index (χ0) is 21.0. The summed E-state index contributed by atoms with van der Waals surface area (Å²) in [5.74, 6) is 1.72. The van der Waals surface area contributed by atoms with Gasteiger partial charge >= 0.3 is 0 Å². The van der Waals surface area contributed by atoms with Crippen molar-refractivity contribution in [2.75, 3.05) is 31.0 Å². The number of aryl methyl sites for hydroxylation is 1. The van der Waals surface area contributed by atoms with E-state index in [1.807, 2.05) is 25.1 Å². The molecule has 0 spiro atoms. The van der Waals surface area contributed by atoms with Crippen molar-refractivity contribution in [1.82, 2.24) is 0 Å². The lowest BCUT2D eigenvalue weighted by atomic mass is 10.1. The Bertz CT molecular complexity index is 912. The Labute approximate surface area is 170 Å². The van der Waals surface area contributed by atoms with Gasteiger partial charge in [0.05, 0.1) is 19.9 Å². The summed E-state index contributed by atoms with van der Waals surface area (Å²) in [5, 5.41) is 2.89. The summed E-state index contributed by atoms with van der Waals surface area (Å²) in [7, 11) is 3.17. The summed E-state index contributed by atoms with van der Waals surface area (Å²) in [6.07, 6.45) is 0.352. The van der Waals surface area contributed by atoms with Gasteiger partial charge in [0.2, 0.25) is 5.91 Å². The van der Waals surface area contributed by atoms with Gasteiger partial charge in [0, 0.05) is 24.7 Å². The molecule has 7 heteroatoms. The number of carbonyl (C=O) groups is 2. The summed E-state index contributed by atoms with van der Waals surface area (Å²) < 4.78 is 16.2. The van der Waals surface area contributed by atoms with Crippen LogP contribution >= 0.6 is 0 Å². The Morgan fingerprint density at radius 2 is 1.90 bits per heavy atom. The first-order chi connectivity index (χ1) is 14.0. The minimum Gasteiger partial charge on any atom is -0.493 e. The average molecular weight is 398 g/mol. The Kier molecular flexibility index (Phi) is 6.26. The summed E-state index contributed by atoms with van der Waals surface area (Å²) >= 11 is 0. The van der Waals surface area contributed by atoms with E-state index in [1.54, 1.807) is 44.2 Å². The van der Waals surface area contributed by atoms with Gasteiger partial charge in [-0.3, -0.25) is 9.59 Å². The van der Waals surface area contributed by atoms with E-state index in [-0.39, 0.29) is 11.8 Å². The molecule has 1 aliphatic rings. The molecule has 154 valence electrons.